The van der Waals surface area contributed by atoms with Gasteiger partial charge in [0, 0.05) is 20.1 Å². The topological polar surface area (TPSA) is 51.2 Å². The number of carbonyl (C=O) groups excluding carboxylic acids is 1. The van der Waals surface area contributed by atoms with Crippen LogP contribution in [0.4, 0.5) is 5.13 Å². The fraction of sp³-hybridized carbons (Fsp3) is 0.0588. The first kappa shape index (κ1) is 15.9. The van der Waals surface area contributed by atoms with Gasteiger partial charge in [-0.25, -0.2) is 4.98 Å². The third kappa shape index (κ3) is 3.70. The molecule has 0 saturated carbocycles. The van der Waals surface area contributed by atoms with Crippen LogP contribution in [0, 0.1) is 3.57 Å². The maximum absolute atomic E-state index is 12.2. The molecule has 0 aliphatic carbocycles. The second-order valence-corrected chi connectivity index (χ2v) is 6.80. The number of nitrogens with zero attached hydrogens (tertiary/aromatic N) is 1. The van der Waals surface area contributed by atoms with E-state index in [0.29, 0.717) is 10.7 Å². The fourth-order valence-electron chi connectivity index (χ4n) is 2.08. The van der Waals surface area contributed by atoms with E-state index in [1.807, 2.05) is 41.8 Å². The van der Waals surface area contributed by atoms with Gasteiger partial charge in [-0.2, -0.15) is 0 Å². The molecule has 116 valence electrons. The molecule has 0 unspecified atom stereocenters. The van der Waals surface area contributed by atoms with Crippen molar-refractivity contribution < 1.29 is 9.53 Å². The van der Waals surface area contributed by atoms with Crippen LogP contribution in [0.1, 0.15) is 10.4 Å². The molecule has 0 aliphatic rings. The quantitative estimate of drug-likeness (QED) is 0.605. The van der Waals surface area contributed by atoms with Gasteiger partial charge >= 0.3 is 0 Å². The number of anilines is 1. The second kappa shape index (κ2) is 7.10. The SMILES string of the molecule is COc1ccccc1-c1csc(NC(=O)c2ccc(I)cc2)n1. The van der Waals surface area contributed by atoms with Crippen LogP contribution >= 0.6 is 33.9 Å². The van der Waals surface area contributed by atoms with Crippen molar-refractivity contribution in [3.63, 3.8) is 0 Å². The second-order valence-electron chi connectivity index (χ2n) is 4.70. The first-order valence-electron chi connectivity index (χ1n) is 6.83. The zero-order valence-electron chi connectivity index (χ0n) is 12.2. The molecule has 3 rings (SSSR count). The normalized spacial score (nSPS) is 10.3. The van der Waals surface area contributed by atoms with Gasteiger partial charge in [0.05, 0.1) is 12.8 Å². The molecule has 0 atom stereocenters. The maximum Gasteiger partial charge on any atom is 0.257 e. The van der Waals surface area contributed by atoms with E-state index in [1.54, 1.807) is 19.2 Å². The molecule has 4 nitrogen and oxygen atoms in total. The van der Waals surface area contributed by atoms with Gasteiger partial charge in [0.1, 0.15) is 5.75 Å². The molecule has 23 heavy (non-hydrogen) atoms. The van der Waals surface area contributed by atoms with Crippen molar-refractivity contribution in [3.05, 3.63) is 63.0 Å². The molecule has 2 aromatic carbocycles. The van der Waals surface area contributed by atoms with E-state index < -0.39 is 0 Å². The number of halogens is 1. The van der Waals surface area contributed by atoms with Crippen molar-refractivity contribution in [2.75, 3.05) is 12.4 Å². The number of amides is 1. The van der Waals surface area contributed by atoms with Gasteiger partial charge in [0.25, 0.3) is 5.91 Å². The molecule has 3 aromatic rings. The maximum atomic E-state index is 12.2. The molecule has 0 aliphatic heterocycles. The number of benzene rings is 2. The van der Waals surface area contributed by atoms with Crippen LogP contribution in [0.3, 0.4) is 0 Å². The molecule has 0 saturated heterocycles. The number of methoxy groups -OCH3 is 1. The summed E-state index contributed by atoms with van der Waals surface area (Å²) in [4.78, 5) is 16.7. The smallest absolute Gasteiger partial charge is 0.257 e. The Balaban J connectivity index is 1.79. The Labute approximate surface area is 151 Å². The van der Waals surface area contributed by atoms with E-state index >= 15 is 0 Å². The lowest BCUT2D eigenvalue weighted by molar-refractivity contribution is 0.102. The Morgan fingerprint density at radius 1 is 1.17 bits per heavy atom. The first-order valence-corrected chi connectivity index (χ1v) is 8.79. The van der Waals surface area contributed by atoms with Crippen molar-refractivity contribution in [2.45, 2.75) is 0 Å². The van der Waals surface area contributed by atoms with Crippen LogP contribution in [-0.2, 0) is 0 Å². The minimum Gasteiger partial charge on any atom is -0.496 e. The molecule has 0 fully saturated rings. The highest BCUT2D eigenvalue weighted by Crippen LogP contribution is 2.31. The summed E-state index contributed by atoms with van der Waals surface area (Å²) in [5, 5.41) is 5.30. The lowest BCUT2D eigenvalue weighted by atomic mass is 10.1. The molecule has 1 amide bonds. The monoisotopic (exact) mass is 436 g/mol. The fourth-order valence-corrected chi connectivity index (χ4v) is 3.15. The van der Waals surface area contributed by atoms with Crippen LogP contribution in [0.25, 0.3) is 11.3 Å². The van der Waals surface area contributed by atoms with Gasteiger partial charge in [-0.3, -0.25) is 10.1 Å². The Morgan fingerprint density at radius 2 is 1.91 bits per heavy atom. The Morgan fingerprint density at radius 3 is 2.65 bits per heavy atom. The number of rotatable bonds is 4. The Bertz CT molecular complexity index is 831. The number of hydrogen-bond donors (Lipinski definition) is 1. The van der Waals surface area contributed by atoms with Gasteiger partial charge in [-0.05, 0) is 59.0 Å². The zero-order chi connectivity index (χ0) is 16.2. The van der Waals surface area contributed by atoms with Gasteiger partial charge < -0.3 is 4.74 Å². The standard InChI is InChI=1S/C17H13IN2O2S/c1-22-15-5-3-2-4-13(15)14-10-23-17(19-14)20-16(21)11-6-8-12(18)9-7-11/h2-10H,1H3,(H,19,20,21). The van der Waals surface area contributed by atoms with Crippen molar-refractivity contribution in [1.82, 2.24) is 4.98 Å². The largest absolute Gasteiger partial charge is 0.496 e. The number of aromatic nitrogens is 1. The third-order valence-electron chi connectivity index (χ3n) is 3.21. The van der Waals surface area contributed by atoms with Crippen LogP contribution in [0.5, 0.6) is 5.75 Å². The van der Waals surface area contributed by atoms with Crippen molar-refractivity contribution in [2.24, 2.45) is 0 Å². The summed E-state index contributed by atoms with van der Waals surface area (Å²) in [6.07, 6.45) is 0. The summed E-state index contributed by atoms with van der Waals surface area (Å²) in [6, 6.07) is 15.1. The van der Waals surface area contributed by atoms with Gasteiger partial charge in [-0.1, -0.05) is 12.1 Å². The third-order valence-corrected chi connectivity index (χ3v) is 4.69. The van der Waals surface area contributed by atoms with Gasteiger partial charge in [0.2, 0.25) is 0 Å². The first-order chi connectivity index (χ1) is 11.2. The number of thiazole rings is 1. The van der Waals surface area contributed by atoms with E-state index in [0.717, 1.165) is 20.6 Å². The van der Waals surface area contributed by atoms with E-state index in [-0.39, 0.29) is 5.91 Å². The van der Waals surface area contributed by atoms with Crippen molar-refractivity contribution >= 4 is 45.0 Å². The highest BCUT2D eigenvalue weighted by atomic mass is 127. The predicted molar refractivity (Wildman–Crippen MR) is 101 cm³/mol. The highest BCUT2D eigenvalue weighted by molar-refractivity contribution is 14.1. The lowest BCUT2D eigenvalue weighted by Gasteiger charge is -2.05. The molecule has 1 aromatic heterocycles. The van der Waals surface area contributed by atoms with Crippen LogP contribution < -0.4 is 10.1 Å². The lowest BCUT2D eigenvalue weighted by Crippen LogP contribution is -2.11. The molecular weight excluding hydrogens is 423 g/mol. The summed E-state index contributed by atoms with van der Waals surface area (Å²) >= 11 is 3.60. The molecule has 1 N–H and O–H groups in total. The number of nitrogens with one attached hydrogen (secondary N) is 1. The summed E-state index contributed by atoms with van der Waals surface area (Å²) in [5.74, 6) is 0.593. The molecular formula is C17H13IN2O2S. The Kier molecular flexibility index (Phi) is 4.92. The minimum atomic E-state index is -0.165. The summed E-state index contributed by atoms with van der Waals surface area (Å²) in [5.41, 5.74) is 2.30. The number of para-hydroxylation sites is 1. The number of carbonyl (C=O) groups is 1. The Hall–Kier alpha value is -1.93. The van der Waals surface area contributed by atoms with E-state index in [2.05, 4.69) is 32.9 Å². The molecule has 0 bridgehead atoms. The summed E-state index contributed by atoms with van der Waals surface area (Å²) in [6.45, 7) is 0. The molecule has 0 spiro atoms. The highest BCUT2D eigenvalue weighted by Gasteiger charge is 2.12. The number of ether oxygens (including phenoxy) is 1. The average Bonchev–Trinajstić information content (AvgIpc) is 3.03. The molecule has 1 heterocycles. The van der Waals surface area contributed by atoms with Gasteiger partial charge in [0.15, 0.2) is 5.13 Å². The van der Waals surface area contributed by atoms with Gasteiger partial charge in [-0.15, -0.1) is 11.3 Å². The number of hydrogen-bond acceptors (Lipinski definition) is 4. The van der Waals surface area contributed by atoms with Crippen molar-refractivity contribution in [1.29, 1.82) is 0 Å². The predicted octanol–water partition coefficient (Wildman–Crippen LogP) is 4.68. The van der Waals surface area contributed by atoms with Crippen LogP contribution in [0.15, 0.2) is 53.9 Å². The van der Waals surface area contributed by atoms with Crippen LogP contribution in [-0.4, -0.2) is 18.0 Å². The average molecular weight is 436 g/mol. The summed E-state index contributed by atoms with van der Waals surface area (Å²) < 4.78 is 6.44. The van der Waals surface area contributed by atoms with E-state index in [9.17, 15) is 4.79 Å². The molecule has 0 radical (unpaired) electrons. The van der Waals surface area contributed by atoms with Crippen LogP contribution in [0.2, 0.25) is 0 Å². The minimum absolute atomic E-state index is 0.165. The zero-order valence-corrected chi connectivity index (χ0v) is 15.2. The molecule has 6 heteroatoms. The van der Waals surface area contributed by atoms with E-state index in [1.165, 1.54) is 11.3 Å². The summed E-state index contributed by atoms with van der Waals surface area (Å²) in [7, 11) is 1.63. The van der Waals surface area contributed by atoms with Crippen molar-refractivity contribution in [3.8, 4) is 17.0 Å². The van der Waals surface area contributed by atoms with E-state index in [4.69, 9.17) is 4.74 Å².